The van der Waals surface area contributed by atoms with Crippen LogP contribution in [-0.2, 0) is 22.3 Å². The second-order valence-electron chi connectivity index (χ2n) is 9.51. The van der Waals surface area contributed by atoms with Gasteiger partial charge in [0.05, 0.1) is 41.7 Å². The average Bonchev–Trinajstić information content (AvgIpc) is 3.30. The molecule has 2 atom stereocenters. The van der Waals surface area contributed by atoms with Gasteiger partial charge in [0.15, 0.2) is 0 Å². The molecule has 2 aromatic carbocycles. The Morgan fingerprint density at radius 3 is 2.46 bits per heavy atom. The van der Waals surface area contributed by atoms with Gasteiger partial charge in [-0.1, -0.05) is 60.7 Å². The van der Waals surface area contributed by atoms with E-state index in [2.05, 4.69) is 22.2 Å². The normalized spacial score (nSPS) is 17.7. The standard InChI is InChI=1S/C30H26F3N5O3/c1-2-16-37-23-18-38(26(19-10-4-3-5-11-19)27(39)35-17-20-12-8-9-15-34-20)28(40)24(23)25(36-29(37)41)21-13-6-7-14-22(21)30(31,32)33/h2-15,25-26H,1,16-18H2,(H,35,39)(H,36,41)/t25-,26+/m1/s1. The van der Waals surface area contributed by atoms with Crippen molar-refractivity contribution in [3.05, 3.63) is 125 Å². The molecule has 11 heteroatoms. The van der Waals surface area contributed by atoms with E-state index in [-0.39, 0.29) is 36.5 Å². The lowest BCUT2D eigenvalue weighted by molar-refractivity contribution is -0.138. The molecule has 5 rings (SSSR count). The Morgan fingerprint density at radius 2 is 1.78 bits per heavy atom. The number of carbonyl (C=O) groups is 3. The summed E-state index contributed by atoms with van der Waals surface area (Å²) in [6, 6.07) is 15.5. The van der Waals surface area contributed by atoms with Crippen molar-refractivity contribution < 1.29 is 27.6 Å². The minimum atomic E-state index is -4.72. The molecule has 0 saturated heterocycles. The SMILES string of the molecule is C=CCN1C(=O)N[C@H](c2ccccc2C(F)(F)F)C2=C1CN([C@H](C(=O)NCc1ccccn1)c1ccccc1)C2=O. The second-order valence-corrected chi connectivity index (χ2v) is 9.51. The molecule has 2 aliphatic heterocycles. The largest absolute Gasteiger partial charge is 0.416 e. The molecule has 41 heavy (non-hydrogen) atoms. The van der Waals surface area contributed by atoms with Gasteiger partial charge in [0, 0.05) is 12.7 Å². The quantitative estimate of drug-likeness (QED) is 0.396. The first-order valence-electron chi connectivity index (χ1n) is 12.8. The molecule has 0 bridgehead atoms. The van der Waals surface area contributed by atoms with Crippen molar-refractivity contribution in [3.8, 4) is 0 Å². The Bertz CT molecular complexity index is 1510. The van der Waals surface area contributed by atoms with E-state index in [1.165, 1.54) is 34.1 Å². The molecule has 2 N–H and O–H groups in total. The lowest BCUT2D eigenvalue weighted by Gasteiger charge is -2.33. The molecule has 8 nitrogen and oxygen atoms in total. The van der Waals surface area contributed by atoms with Crippen molar-refractivity contribution in [2.75, 3.05) is 13.1 Å². The van der Waals surface area contributed by atoms with Crippen LogP contribution in [0.1, 0.15) is 34.5 Å². The van der Waals surface area contributed by atoms with Crippen LogP contribution in [0.25, 0.3) is 0 Å². The van der Waals surface area contributed by atoms with Gasteiger partial charge in [-0.2, -0.15) is 13.2 Å². The monoisotopic (exact) mass is 561 g/mol. The fourth-order valence-electron chi connectivity index (χ4n) is 5.17. The van der Waals surface area contributed by atoms with Crippen LogP contribution in [0, 0.1) is 0 Å². The highest BCUT2D eigenvalue weighted by atomic mass is 19.4. The van der Waals surface area contributed by atoms with Crippen molar-refractivity contribution >= 4 is 17.8 Å². The number of nitrogens with zero attached hydrogens (tertiary/aromatic N) is 3. The predicted molar refractivity (Wildman–Crippen MR) is 144 cm³/mol. The third-order valence-electron chi connectivity index (χ3n) is 6.98. The summed E-state index contributed by atoms with van der Waals surface area (Å²) in [6.07, 6.45) is -1.68. The number of hydrogen-bond acceptors (Lipinski definition) is 4. The Labute approximate surface area is 234 Å². The van der Waals surface area contributed by atoms with Gasteiger partial charge in [0.25, 0.3) is 5.91 Å². The third-order valence-corrected chi connectivity index (χ3v) is 6.98. The Morgan fingerprint density at radius 1 is 1.07 bits per heavy atom. The lowest BCUT2D eigenvalue weighted by atomic mass is 9.91. The predicted octanol–water partition coefficient (Wildman–Crippen LogP) is 4.51. The van der Waals surface area contributed by atoms with E-state index < -0.39 is 41.7 Å². The molecule has 0 saturated carbocycles. The van der Waals surface area contributed by atoms with Gasteiger partial charge >= 0.3 is 12.2 Å². The van der Waals surface area contributed by atoms with E-state index in [0.717, 1.165) is 6.07 Å². The van der Waals surface area contributed by atoms with Gasteiger partial charge in [0.2, 0.25) is 5.91 Å². The summed E-state index contributed by atoms with van der Waals surface area (Å²) >= 11 is 0. The molecule has 3 aromatic rings. The Kier molecular flexibility index (Phi) is 7.60. The highest BCUT2D eigenvalue weighted by Gasteiger charge is 2.49. The zero-order chi connectivity index (χ0) is 29.1. The number of halogens is 3. The van der Waals surface area contributed by atoms with E-state index in [1.54, 1.807) is 54.7 Å². The molecule has 3 heterocycles. The van der Waals surface area contributed by atoms with Crippen LogP contribution < -0.4 is 10.6 Å². The van der Waals surface area contributed by atoms with Crippen molar-refractivity contribution in [2.45, 2.75) is 24.8 Å². The average molecular weight is 562 g/mol. The fraction of sp³-hybridized carbons (Fsp3) is 0.200. The maximum absolute atomic E-state index is 14.1. The highest BCUT2D eigenvalue weighted by Crippen LogP contribution is 2.43. The van der Waals surface area contributed by atoms with Gasteiger partial charge in [-0.05, 0) is 29.3 Å². The minimum Gasteiger partial charge on any atom is -0.348 e. The van der Waals surface area contributed by atoms with Crippen LogP contribution in [-0.4, -0.2) is 45.7 Å². The van der Waals surface area contributed by atoms with Crippen molar-refractivity contribution in [2.24, 2.45) is 0 Å². The van der Waals surface area contributed by atoms with E-state index in [1.807, 2.05) is 0 Å². The smallest absolute Gasteiger partial charge is 0.348 e. The number of benzene rings is 2. The van der Waals surface area contributed by atoms with Crippen LogP contribution in [0.2, 0.25) is 0 Å². The van der Waals surface area contributed by atoms with Gasteiger partial charge in [-0.25, -0.2) is 4.79 Å². The van der Waals surface area contributed by atoms with Gasteiger partial charge in [-0.15, -0.1) is 6.58 Å². The molecule has 0 unspecified atom stereocenters. The molecule has 0 radical (unpaired) electrons. The number of carbonyl (C=O) groups excluding carboxylic acids is 3. The van der Waals surface area contributed by atoms with Crippen LogP contribution >= 0.6 is 0 Å². The molecule has 2 aliphatic rings. The van der Waals surface area contributed by atoms with Gasteiger partial charge in [-0.3, -0.25) is 19.5 Å². The van der Waals surface area contributed by atoms with E-state index in [0.29, 0.717) is 11.3 Å². The zero-order valence-electron chi connectivity index (χ0n) is 21.8. The number of rotatable bonds is 8. The number of hydrogen-bond donors (Lipinski definition) is 2. The molecular formula is C30H26F3N5O3. The molecule has 1 aromatic heterocycles. The van der Waals surface area contributed by atoms with Crippen LogP contribution in [0.15, 0.2) is 103 Å². The molecular weight excluding hydrogens is 535 g/mol. The zero-order valence-corrected chi connectivity index (χ0v) is 21.8. The Hall–Kier alpha value is -4.93. The molecule has 210 valence electrons. The summed E-state index contributed by atoms with van der Waals surface area (Å²) in [4.78, 5) is 47.7. The number of urea groups is 1. The third kappa shape index (κ3) is 5.43. The fourth-order valence-corrected chi connectivity index (χ4v) is 5.17. The molecule has 0 aliphatic carbocycles. The first-order chi connectivity index (χ1) is 19.7. The van der Waals surface area contributed by atoms with Crippen molar-refractivity contribution in [1.82, 2.24) is 25.4 Å². The maximum atomic E-state index is 14.1. The number of pyridine rings is 1. The van der Waals surface area contributed by atoms with E-state index in [4.69, 9.17) is 0 Å². The topological polar surface area (TPSA) is 94.6 Å². The highest BCUT2D eigenvalue weighted by molar-refractivity contribution is 6.04. The summed E-state index contributed by atoms with van der Waals surface area (Å²) < 4.78 is 42.0. The summed E-state index contributed by atoms with van der Waals surface area (Å²) in [5.74, 6) is -1.16. The lowest BCUT2D eigenvalue weighted by Crippen LogP contribution is -2.47. The first-order valence-corrected chi connectivity index (χ1v) is 12.8. The van der Waals surface area contributed by atoms with E-state index >= 15 is 0 Å². The summed E-state index contributed by atoms with van der Waals surface area (Å²) in [7, 11) is 0. The number of nitrogens with one attached hydrogen (secondary N) is 2. The molecule has 0 spiro atoms. The number of aromatic nitrogens is 1. The second kappa shape index (κ2) is 11.3. The summed E-state index contributed by atoms with van der Waals surface area (Å²) in [5.41, 5.74) is 0.0776. The summed E-state index contributed by atoms with van der Waals surface area (Å²) in [5, 5.41) is 5.40. The number of amides is 4. The molecule has 4 amide bonds. The van der Waals surface area contributed by atoms with Crippen LogP contribution in [0.3, 0.4) is 0 Å². The summed E-state index contributed by atoms with van der Waals surface area (Å²) in [6.45, 7) is 3.61. The maximum Gasteiger partial charge on any atom is 0.416 e. The van der Waals surface area contributed by atoms with Crippen molar-refractivity contribution in [1.29, 1.82) is 0 Å². The number of alkyl halides is 3. The Balaban J connectivity index is 1.56. The van der Waals surface area contributed by atoms with Crippen LogP contribution in [0.4, 0.5) is 18.0 Å². The minimum absolute atomic E-state index is 0.0152. The van der Waals surface area contributed by atoms with Gasteiger partial charge in [0.1, 0.15) is 6.04 Å². The van der Waals surface area contributed by atoms with Gasteiger partial charge < -0.3 is 15.5 Å². The molecule has 0 fully saturated rings. The van der Waals surface area contributed by atoms with Crippen molar-refractivity contribution in [3.63, 3.8) is 0 Å². The van der Waals surface area contributed by atoms with E-state index in [9.17, 15) is 27.6 Å². The first kappa shape index (κ1) is 27.6. The van der Waals surface area contributed by atoms with Crippen LogP contribution in [0.5, 0.6) is 0 Å².